The summed E-state index contributed by atoms with van der Waals surface area (Å²) in [5.41, 5.74) is 2.17. The first-order chi connectivity index (χ1) is 17.2. The Bertz CT molecular complexity index is 1720. The van der Waals surface area contributed by atoms with E-state index in [0.717, 1.165) is 11.1 Å². The molecule has 0 saturated carbocycles. The largest absolute Gasteiger partial charge is 0.497 e. The van der Waals surface area contributed by atoms with Gasteiger partial charge in [-0.2, -0.15) is 0 Å². The molecule has 0 aliphatic heterocycles. The quantitative estimate of drug-likeness (QED) is 0.310. The van der Waals surface area contributed by atoms with Crippen molar-refractivity contribution in [3.8, 4) is 22.8 Å². The van der Waals surface area contributed by atoms with Crippen molar-refractivity contribution in [1.29, 1.82) is 0 Å². The summed E-state index contributed by atoms with van der Waals surface area (Å²) in [6.07, 6.45) is 1.73. The number of oxazole rings is 1. The molecule has 3 heterocycles. The maximum Gasteiger partial charge on any atom is 0.267 e. The van der Waals surface area contributed by atoms with Crippen LogP contribution in [0.1, 0.15) is 5.89 Å². The van der Waals surface area contributed by atoms with E-state index in [0.29, 0.717) is 45.2 Å². The highest BCUT2D eigenvalue weighted by atomic mass is 32.2. The monoisotopic (exact) mass is 481 g/mol. The topological polar surface area (TPSA) is 87.5 Å². The molecule has 3 aromatic carbocycles. The summed E-state index contributed by atoms with van der Waals surface area (Å²) in [5.74, 6) is 2.82. The lowest BCUT2D eigenvalue weighted by atomic mass is 10.2. The van der Waals surface area contributed by atoms with E-state index in [1.54, 1.807) is 23.9 Å². The van der Waals surface area contributed by atoms with Crippen molar-refractivity contribution in [2.24, 2.45) is 0 Å². The van der Waals surface area contributed by atoms with Gasteiger partial charge in [0.1, 0.15) is 5.75 Å². The molecule has 0 fully saturated rings. The fourth-order valence-electron chi connectivity index (χ4n) is 3.99. The van der Waals surface area contributed by atoms with Crippen LogP contribution < -0.4 is 10.3 Å². The molecule has 0 bridgehead atoms. The molecule has 0 aliphatic carbocycles. The van der Waals surface area contributed by atoms with Gasteiger partial charge in [-0.3, -0.25) is 9.20 Å². The maximum absolute atomic E-state index is 13.5. The van der Waals surface area contributed by atoms with Gasteiger partial charge in [0.25, 0.3) is 5.56 Å². The first kappa shape index (κ1) is 21.2. The van der Waals surface area contributed by atoms with Crippen LogP contribution in [0.3, 0.4) is 0 Å². The average Bonchev–Trinajstić information content (AvgIpc) is 3.56. The SMILES string of the molecule is COc1cccc(-n2c(=O)c3ccccc3n3c(SCc4ncc(-c5ccccc5)o4)nnc23)c1. The number of hydrogen-bond donors (Lipinski definition) is 0. The van der Waals surface area contributed by atoms with Gasteiger partial charge in [-0.05, 0) is 24.3 Å². The summed E-state index contributed by atoms with van der Waals surface area (Å²) in [7, 11) is 1.59. The highest BCUT2D eigenvalue weighted by Gasteiger charge is 2.19. The lowest BCUT2D eigenvalue weighted by Crippen LogP contribution is -2.21. The standard InChI is InChI=1S/C26H19N5O3S/c1-33-19-11-7-10-18(14-19)30-24(32)20-12-5-6-13-21(20)31-25(30)28-29-26(31)35-16-23-27-15-22(34-23)17-8-3-2-4-9-17/h2-15H,16H2,1H3. The second-order valence-electron chi connectivity index (χ2n) is 7.75. The Morgan fingerprint density at radius 3 is 2.66 bits per heavy atom. The molecule has 6 aromatic rings. The van der Waals surface area contributed by atoms with Crippen molar-refractivity contribution in [2.75, 3.05) is 7.11 Å². The predicted octanol–water partition coefficient (Wildman–Crippen LogP) is 4.99. The molecule has 0 N–H and O–H groups in total. The maximum atomic E-state index is 13.5. The zero-order valence-corrected chi connectivity index (χ0v) is 19.5. The van der Waals surface area contributed by atoms with Crippen LogP contribution in [0.15, 0.2) is 99.4 Å². The third-order valence-corrected chi connectivity index (χ3v) is 6.56. The van der Waals surface area contributed by atoms with Crippen LogP contribution in [-0.2, 0) is 5.75 Å². The van der Waals surface area contributed by atoms with E-state index in [9.17, 15) is 4.79 Å². The van der Waals surface area contributed by atoms with Gasteiger partial charge in [0.05, 0.1) is 35.6 Å². The van der Waals surface area contributed by atoms with E-state index < -0.39 is 0 Å². The van der Waals surface area contributed by atoms with Gasteiger partial charge in [-0.15, -0.1) is 10.2 Å². The summed E-state index contributed by atoms with van der Waals surface area (Å²) in [4.78, 5) is 17.9. The Kier molecular flexibility index (Phi) is 5.31. The molecule has 6 rings (SSSR count). The molecule has 172 valence electrons. The van der Waals surface area contributed by atoms with Crippen molar-refractivity contribution in [3.63, 3.8) is 0 Å². The Balaban J connectivity index is 1.43. The first-order valence-corrected chi connectivity index (χ1v) is 11.9. The van der Waals surface area contributed by atoms with Crippen LogP contribution in [0.2, 0.25) is 0 Å². The number of hydrogen-bond acceptors (Lipinski definition) is 7. The third-order valence-electron chi connectivity index (χ3n) is 5.64. The van der Waals surface area contributed by atoms with E-state index in [2.05, 4.69) is 15.2 Å². The van der Waals surface area contributed by atoms with Crippen LogP contribution in [0.4, 0.5) is 0 Å². The molecule has 9 heteroatoms. The number of aromatic nitrogens is 5. The summed E-state index contributed by atoms with van der Waals surface area (Å²) in [5, 5.41) is 9.99. The molecule has 0 unspecified atom stereocenters. The minimum absolute atomic E-state index is 0.175. The summed E-state index contributed by atoms with van der Waals surface area (Å²) in [6.45, 7) is 0. The number of benzene rings is 3. The number of thioether (sulfide) groups is 1. The highest BCUT2D eigenvalue weighted by Crippen LogP contribution is 2.28. The number of methoxy groups -OCH3 is 1. The zero-order valence-electron chi connectivity index (χ0n) is 18.7. The van der Waals surface area contributed by atoms with Crippen LogP contribution in [0.25, 0.3) is 33.7 Å². The van der Waals surface area contributed by atoms with Crippen LogP contribution in [-0.4, -0.2) is 31.3 Å². The van der Waals surface area contributed by atoms with E-state index in [1.165, 1.54) is 11.8 Å². The van der Waals surface area contributed by atoms with Gasteiger partial charge in [0, 0.05) is 11.6 Å². The second kappa shape index (κ2) is 8.77. The van der Waals surface area contributed by atoms with Crippen molar-refractivity contribution in [2.45, 2.75) is 10.9 Å². The molecular weight excluding hydrogens is 462 g/mol. The van der Waals surface area contributed by atoms with E-state index in [1.807, 2.05) is 77.2 Å². The molecule has 0 amide bonds. The van der Waals surface area contributed by atoms with Crippen LogP contribution >= 0.6 is 11.8 Å². The Hall–Kier alpha value is -4.37. The number of ether oxygens (including phenoxy) is 1. The number of rotatable bonds is 6. The molecule has 0 radical (unpaired) electrons. The molecule has 0 spiro atoms. The molecular formula is C26H19N5O3S. The van der Waals surface area contributed by atoms with Gasteiger partial charge in [-0.25, -0.2) is 9.55 Å². The molecule has 3 aromatic heterocycles. The minimum atomic E-state index is -0.175. The van der Waals surface area contributed by atoms with Crippen molar-refractivity contribution >= 4 is 28.4 Å². The molecule has 8 nitrogen and oxygen atoms in total. The smallest absolute Gasteiger partial charge is 0.267 e. The molecule has 0 saturated heterocycles. The number of nitrogens with zero attached hydrogens (tertiary/aromatic N) is 5. The molecule has 35 heavy (non-hydrogen) atoms. The Labute approximate surface area is 203 Å². The Morgan fingerprint density at radius 2 is 1.80 bits per heavy atom. The lowest BCUT2D eigenvalue weighted by Gasteiger charge is -2.12. The van der Waals surface area contributed by atoms with Crippen LogP contribution in [0.5, 0.6) is 5.75 Å². The second-order valence-corrected chi connectivity index (χ2v) is 8.69. The number of para-hydroxylation sites is 1. The molecule has 0 aliphatic rings. The normalized spacial score (nSPS) is 11.3. The third kappa shape index (κ3) is 3.75. The van der Waals surface area contributed by atoms with Crippen LogP contribution in [0, 0.1) is 0 Å². The van der Waals surface area contributed by atoms with E-state index >= 15 is 0 Å². The fourth-order valence-corrected chi connectivity index (χ4v) is 4.79. The average molecular weight is 482 g/mol. The van der Waals surface area contributed by atoms with Gasteiger partial charge in [0.2, 0.25) is 11.7 Å². The zero-order chi connectivity index (χ0) is 23.8. The van der Waals surface area contributed by atoms with E-state index in [-0.39, 0.29) is 5.56 Å². The first-order valence-electron chi connectivity index (χ1n) is 10.9. The van der Waals surface area contributed by atoms with Gasteiger partial charge >= 0.3 is 0 Å². The fraction of sp³-hybridized carbons (Fsp3) is 0.0769. The number of fused-ring (bicyclic) bond motifs is 3. The lowest BCUT2D eigenvalue weighted by molar-refractivity contribution is 0.414. The van der Waals surface area contributed by atoms with Crippen molar-refractivity contribution in [1.82, 2.24) is 24.1 Å². The predicted molar refractivity (Wildman–Crippen MR) is 134 cm³/mol. The highest BCUT2D eigenvalue weighted by molar-refractivity contribution is 7.98. The minimum Gasteiger partial charge on any atom is -0.497 e. The Morgan fingerprint density at radius 1 is 0.971 bits per heavy atom. The molecule has 0 atom stereocenters. The summed E-state index contributed by atoms with van der Waals surface area (Å²) < 4.78 is 14.8. The van der Waals surface area contributed by atoms with E-state index in [4.69, 9.17) is 9.15 Å². The summed E-state index contributed by atoms with van der Waals surface area (Å²) >= 11 is 1.44. The van der Waals surface area contributed by atoms with Crippen molar-refractivity contribution < 1.29 is 9.15 Å². The van der Waals surface area contributed by atoms with Crippen molar-refractivity contribution in [3.05, 3.63) is 101 Å². The summed E-state index contributed by atoms with van der Waals surface area (Å²) in [6, 6.07) is 24.6. The van der Waals surface area contributed by atoms with Gasteiger partial charge in [-0.1, -0.05) is 60.3 Å². The van der Waals surface area contributed by atoms with Gasteiger partial charge < -0.3 is 9.15 Å². The van der Waals surface area contributed by atoms with Gasteiger partial charge in [0.15, 0.2) is 10.9 Å².